The van der Waals surface area contributed by atoms with E-state index in [0.717, 1.165) is 38.6 Å². The summed E-state index contributed by atoms with van der Waals surface area (Å²) in [7, 11) is 0. The number of likely N-dealkylation sites (tertiary alicyclic amines) is 1. The van der Waals surface area contributed by atoms with Crippen LogP contribution in [0.4, 0.5) is 0 Å². The second kappa shape index (κ2) is 4.49. The summed E-state index contributed by atoms with van der Waals surface area (Å²) in [6, 6.07) is 0.267. The normalized spacial score (nSPS) is 36.1. The van der Waals surface area contributed by atoms with Gasteiger partial charge in [-0.1, -0.05) is 0 Å². The maximum Gasteiger partial charge on any atom is 0.226 e. The molecule has 0 aromatic heterocycles. The number of hydrogen-bond donors (Lipinski definition) is 2. The van der Waals surface area contributed by atoms with E-state index < -0.39 is 0 Å². The number of rotatable bonds is 2. The van der Waals surface area contributed by atoms with Gasteiger partial charge in [-0.25, -0.2) is 0 Å². The molecule has 15 heavy (non-hydrogen) atoms. The zero-order valence-corrected chi connectivity index (χ0v) is 9.06. The van der Waals surface area contributed by atoms with E-state index in [2.05, 4.69) is 0 Å². The highest BCUT2D eigenvalue weighted by Crippen LogP contribution is 2.29. The van der Waals surface area contributed by atoms with E-state index in [0.29, 0.717) is 0 Å². The van der Waals surface area contributed by atoms with E-state index in [-0.39, 0.29) is 30.5 Å². The molecule has 0 aromatic carbocycles. The number of nitrogens with two attached hydrogens (primary N) is 1. The number of aliphatic hydroxyl groups excluding tert-OH is 1. The summed E-state index contributed by atoms with van der Waals surface area (Å²) in [6.45, 7) is 0.917. The lowest BCUT2D eigenvalue weighted by atomic mass is 10.1. The van der Waals surface area contributed by atoms with Gasteiger partial charge in [-0.2, -0.15) is 0 Å². The second-order valence-corrected chi connectivity index (χ2v) is 4.78. The molecule has 2 aliphatic rings. The molecule has 1 saturated heterocycles. The monoisotopic (exact) mass is 212 g/mol. The Morgan fingerprint density at radius 2 is 2.20 bits per heavy atom. The summed E-state index contributed by atoms with van der Waals surface area (Å²) in [5, 5.41) is 9.16. The number of amides is 1. The van der Waals surface area contributed by atoms with Gasteiger partial charge in [0, 0.05) is 18.5 Å². The molecular formula is C11H20N2O2. The molecule has 0 spiro atoms. The van der Waals surface area contributed by atoms with Gasteiger partial charge in [0.25, 0.3) is 0 Å². The fourth-order valence-electron chi connectivity index (χ4n) is 2.79. The number of aliphatic hydroxyl groups is 1. The Kier molecular flexibility index (Phi) is 3.26. The van der Waals surface area contributed by atoms with Gasteiger partial charge in [0.1, 0.15) is 0 Å². The number of hydrogen-bond acceptors (Lipinski definition) is 3. The van der Waals surface area contributed by atoms with Crippen molar-refractivity contribution in [2.75, 3.05) is 13.2 Å². The molecule has 86 valence electrons. The highest BCUT2D eigenvalue weighted by atomic mass is 16.3. The molecular weight excluding hydrogens is 192 g/mol. The first-order chi connectivity index (χ1) is 7.22. The first-order valence-corrected chi connectivity index (χ1v) is 5.89. The van der Waals surface area contributed by atoms with Gasteiger partial charge in [0.05, 0.1) is 12.6 Å². The average Bonchev–Trinajstić information content (AvgIpc) is 2.84. The maximum atomic E-state index is 12.1. The molecule has 3 N–H and O–H groups in total. The van der Waals surface area contributed by atoms with Crippen LogP contribution in [0.1, 0.15) is 32.1 Å². The highest BCUT2D eigenvalue weighted by molar-refractivity contribution is 5.79. The molecule has 3 atom stereocenters. The summed E-state index contributed by atoms with van der Waals surface area (Å²) in [6.07, 6.45) is 4.69. The van der Waals surface area contributed by atoms with Crippen LogP contribution in [0.3, 0.4) is 0 Å². The van der Waals surface area contributed by atoms with Gasteiger partial charge in [0.2, 0.25) is 5.91 Å². The molecule has 2 unspecified atom stereocenters. The van der Waals surface area contributed by atoms with Gasteiger partial charge >= 0.3 is 0 Å². The molecule has 4 heteroatoms. The highest BCUT2D eigenvalue weighted by Gasteiger charge is 2.35. The minimum absolute atomic E-state index is 0.0642. The van der Waals surface area contributed by atoms with E-state index in [4.69, 9.17) is 10.8 Å². The summed E-state index contributed by atoms with van der Waals surface area (Å²) in [5.41, 5.74) is 5.81. The summed E-state index contributed by atoms with van der Waals surface area (Å²) in [5.74, 6) is 0.339. The lowest BCUT2D eigenvalue weighted by Gasteiger charge is -2.26. The largest absolute Gasteiger partial charge is 0.394 e. The SMILES string of the molecule is NC1CCC(C(=O)N2CCC[C@@H]2CO)C1. The van der Waals surface area contributed by atoms with Crippen LogP contribution in [0.25, 0.3) is 0 Å². The molecule has 1 heterocycles. The standard InChI is InChI=1S/C11H20N2O2/c12-9-4-3-8(6-9)11(15)13-5-1-2-10(13)7-14/h8-10,14H,1-7,12H2/t8?,9?,10-/m1/s1. The summed E-state index contributed by atoms with van der Waals surface area (Å²) >= 11 is 0. The molecule has 1 saturated carbocycles. The van der Waals surface area contributed by atoms with Crippen molar-refractivity contribution in [3.63, 3.8) is 0 Å². The number of carbonyl (C=O) groups excluding carboxylic acids is 1. The average molecular weight is 212 g/mol. The Morgan fingerprint density at radius 1 is 1.40 bits per heavy atom. The fourth-order valence-corrected chi connectivity index (χ4v) is 2.79. The molecule has 2 rings (SSSR count). The smallest absolute Gasteiger partial charge is 0.226 e. The maximum absolute atomic E-state index is 12.1. The molecule has 0 bridgehead atoms. The molecule has 4 nitrogen and oxygen atoms in total. The van der Waals surface area contributed by atoms with Crippen molar-refractivity contribution in [2.45, 2.75) is 44.2 Å². The van der Waals surface area contributed by atoms with Gasteiger partial charge in [0.15, 0.2) is 0 Å². The van der Waals surface area contributed by atoms with Crippen LogP contribution < -0.4 is 5.73 Å². The van der Waals surface area contributed by atoms with Crippen molar-refractivity contribution in [3.05, 3.63) is 0 Å². The van der Waals surface area contributed by atoms with Crippen molar-refractivity contribution >= 4 is 5.91 Å². The zero-order valence-electron chi connectivity index (χ0n) is 9.06. The lowest BCUT2D eigenvalue weighted by molar-refractivity contribution is -0.136. The molecule has 0 radical (unpaired) electrons. The fraction of sp³-hybridized carbons (Fsp3) is 0.909. The molecule has 1 aliphatic heterocycles. The van der Waals surface area contributed by atoms with E-state index in [1.54, 1.807) is 0 Å². The first-order valence-electron chi connectivity index (χ1n) is 5.89. The first kappa shape index (κ1) is 10.9. The number of carbonyl (C=O) groups is 1. The van der Waals surface area contributed by atoms with Gasteiger partial charge in [-0.3, -0.25) is 4.79 Å². The van der Waals surface area contributed by atoms with Gasteiger partial charge < -0.3 is 15.7 Å². The van der Waals surface area contributed by atoms with Crippen LogP contribution in [-0.2, 0) is 4.79 Å². The van der Waals surface area contributed by atoms with Crippen LogP contribution in [0, 0.1) is 5.92 Å². The van der Waals surface area contributed by atoms with Crippen molar-refractivity contribution in [1.82, 2.24) is 4.90 Å². The Morgan fingerprint density at radius 3 is 2.80 bits per heavy atom. The third-order valence-corrected chi connectivity index (χ3v) is 3.69. The molecule has 1 amide bonds. The van der Waals surface area contributed by atoms with Crippen LogP contribution in [-0.4, -0.2) is 41.1 Å². The van der Waals surface area contributed by atoms with Crippen molar-refractivity contribution in [3.8, 4) is 0 Å². The molecule has 2 fully saturated rings. The third kappa shape index (κ3) is 2.16. The topological polar surface area (TPSA) is 66.6 Å². The quantitative estimate of drug-likeness (QED) is 0.682. The zero-order chi connectivity index (χ0) is 10.8. The van der Waals surface area contributed by atoms with E-state index >= 15 is 0 Å². The van der Waals surface area contributed by atoms with Crippen molar-refractivity contribution < 1.29 is 9.90 Å². The van der Waals surface area contributed by atoms with Gasteiger partial charge in [-0.15, -0.1) is 0 Å². The summed E-state index contributed by atoms with van der Waals surface area (Å²) < 4.78 is 0. The van der Waals surface area contributed by atoms with E-state index in [9.17, 15) is 4.79 Å². The van der Waals surface area contributed by atoms with Crippen LogP contribution in [0.15, 0.2) is 0 Å². The molecule has 1 aliphatic carbocycles. The summed E-state index contributed by atoms with van der Waals surface area (Å²) in [4.78, 5) is 14.0. The number of nitrogens with zero attached hydrogens (tertiary/aromatic N) is 1. The Balaban J connectivity index is 1.95. The predicted molar refractivity (Wildman–Crippen MR) is 57.1 cm³/mol. The van der Waals surface area contributed by atoms with Gasteiger partial charge in [-0.05, 0) is 32.1 Å². The Labute approximate surface area is 90.4 Å². The second-order valence-electron chi connectivity index (χ2n) is 4.78. The third-order valence-electron chi connectivity index (χ3n) is 3.69. The Hall–Kier alpha value is -0.610. The lowest BCUT2D eigenvalue weighted by Crippen LogP contribution is -2.41. The predicted octanol–water partition coefficient (Wildman–Crippen LogP) is 0.0971. The minimum atomic E-state index is 0.0642. The minimum Gasteiger partial charge on any atom is -0.394 e. The van der Waals surface area contributed by atoms with Crippen LogP contribution >= 0.6 is 0 Å². The van der Waals surface area contributed by atoms with Crippen molar-refractivity contribution in [2.24, 2.45) is 11.7 Å². The van der Waals surface area contributed by atoms with Crippen molar-refractivity contribution in [1.29, 1.82) is 0 Å². The van der Waals surface area contributed by atoms with Crippen LogP contribution in [0.2, 0.25) is 0 Å². The Bertz CT molecular complexity index is 245. The van der Waals surface area contributed by atoms with E-state index in [1.165, 1.54) is 0 Å². The van der Waals surface area contributed by atoms with Crippen LogP contribution in [0.5, 0.6) is 0 Å². The molecule has 0 aromatic rings. The van der Waals surface area contributed by atoms with E-state index in [1.807, 2.05) is 4.90 Å².